The molecule has 0 N–H and O–H groups in total. The van der Waals surface area contributed by atoms with Gasteiger partial charge in [-0.15, -0.1) is 11.8 Å². The first-order valence-electron chi connectivity index (χ1n) is 7.16. The Hall–Kier alpha value is -0.800. The molecule has 0 spiro atoms. The Bertz CT molecular complexity index is 407. The Morgan fingerprint density at radius 1 is 1.21 bits per heavy atom. The Balaban J connectivity index is 1.79. The van der Waals surface area contributed by atoms with Crippen molar-refractivity contribution < 1.29 is 4.79 Å². The molecule has 19 heavy (non-hydrogen) atoms. The summed E-state index contributed by atoms with van der Waals surface area (Å²) in [6.07, 6.45) is 2.72. The molecule has 2 nitrogen and oxygen atoms in total. The second-order valence-electron chi connectivity index (χ2n) is 5.44. The number of hydrogen-bond acceptors (Lipinski definition) is 3. The van der Waals surface area contributed by atoms with Crippen LogP contribution >= 0.6 is 11.8 Å². The van der Waals surface area contributed by atoms with Crippen molar-refractivity contribution in [2.45, 2.75) is 31.6 Å². The van der Waals surface area contributed by atoms with Gasteiger partial charge in [-0.25, -0.2) is 0 Å². The monoisotopic (exact) mass is 277 g/mol. The van der Waals surface area contributed by atoms with E-state index in [-0.39, 0.29) is 11.7 Å². The highest BCUT2D eigenvalue weighted by atomic mass is 32.2. The molecule has 1 aliphatic heterocycles. The first-order chi connectivity index (χ1) is 9.16. The zero-order chi connectivity index (χ0) is 13.7. The van der Waals surface area contributed by atoms with E-state index in [1.54, 1.807) is 0 Å². The summed E-state index contributed by atoms with van der Waals surface area (Å²) >= 11 is 1.88. The van der Waals surface area contributed by atoms with Gasteiger partial charge in [-0.2, -0.15) is 0 Å². The number of hydrogen-bond donors (Lipinski definition) is 0. The van der Waals surface area contributed by atoms with Crippen molar-refractivity contribution in [2.75, 3.05) is 25.4 Å². The zero-order valence-corrected chi connectivity index (χ0v) is 12.7. The Kier molecular flexibility index (Phi) is 5.46. The Labute approximate surface area is 120 Å². The van der Waals surface area contributed by atoms with Crippen molar-refractivity contribution in [2.24, 2.45) is 5.92 Å². The lowest BCUT2D eigenvalue weighted by Gasteiger charge is -2.13. The molecule has 3 heteroatoms. The summed E-state index contributed by atoms with van der Waals surface area (Å²) in [7, 11) is 0. The van der Waals surface area contributed by atoms with Crippen molar-refractivity contribution in [3.63, 3.8) is 0 Å². The summed E-state index contributed by atoms with van der Waals surface area (Å²) in [5.41, 5.74) is 0.832. The lowest BCUT2D eigenvalue weighted by atomic mass is 10.0. The molecule has 0 bridgehead atoms. The van der Waals surface area contributed by atoms with Gasteiger partial charge in [-0.1, -0.05) is 26.0 Å². The van der Waals surface area contributed by atoms with Gasteiger partial charge >= 0.3 is 0 Å². The molecule has 0 aromatic heterocycles. The predicted molar refractivity (Wildman–Crippen MR) is 82.0 cm³/mol. The van der Waals surface area contributed by atoms with Crippen LogP contribution in [0.5, 0.6) is 0 Å². The van der Waals surface area contributed by atoms with E-state index < -0.39 is 0 Å². The van der Waals surface area contributed by atoms with E-state index in [0.717, 1.165) is 11.3 Å². The average Bonchev–Trinajstić information content (AvgIpc) is 2.92. The molecule has 0 saturated carbocycles. The van der Waals surface area contributed by atoms with E-state index >= 15 is 0 Å². The first kappa shape index (κ1) is 14.6. The molecule has 2 rings (SSSR count). The maximum atomic E-state index is 11.8. The molecule has 1 fully saturated rings. The van der Waals surface area contributed by atoms with Gasteiger partial charge in [-0.05, 0) is 38.1 Å². The quantitative estimate of drug-likeness (QED) is 0.584. The minimum atomic E-state index is 0.0775. The topological polar surface area (TPSA) is 20.3 Å². The number of thioether (sulfide) groups is 1. The summed E-state index contributed by atoms with van der Waals surface area (Å²) in [5.74, 6) is 1.44. The molecule has 1 aromatic carbocycles. The number of benzene rings is 1. The largest absolute Gasteiger partial charge is 0.303 e. The fourth-order valence-electron chi connectivity index (χ4n) is 2.35. The SMILES string of the molecule is CC(C)C(=O)c1ccc(SCCN2CCCC2)cc1. The minimum Gasteiger partial charge on any atom is -0.303 e. The minimum absolute atomic E-state index is 0.0775. The molecule has 0 aliphatic carbocycles. The van der Waals surface area contributed by atoms with Crippen LogP contribution < -0.4 is 0 Å². The smallest absolute Gasteiger partial charge is 0.165 e. The number of likely N-dealkylation sites (tertiary alicyclic amines) is 1. The average molecular weight is 277 g/mol. The maximum Gasteiger partial charge on any atom is 0.165 e. The van der Waals surface area contributed by atoms with Crippen LogP contribution in [-0.4, -0.2) is 36.1 Å². The highest BCUT2D eigenvalue weighted by molar-refractivity contribution is 7.99. The lowest BCUT2D eigenvalue weighted by molar-refractivity contribution is 0.0939. The molecule has 1 aromatic rings. The van der Waals surface area contributed by atoms with Crippen molar-refractivity contribution in [1.82, 2.24) is 4.90 Å². The molecule has 0 atom stereocenters. The zero-order valence-electron chi connectivity index (χ0n) is 11.9. The summed E-state index contributed by atoms with van der Waals surface area (Å²) < 4.78 is 0. The molecule has 1 saturated heterocycles. The number of carbonyl (C=O) groups excluding carboxylic acids is 1. The van der Waals surface area contributed by atoms with Crippen molar-refractivity contribution in [3.8, 4) is 0 Å². The number of Topliss-reactive ketones (excluding diaryl/α,β-unsaturated/α-hetero) is 1. The Morgan fingerprint density at radius 3 is 2.42 bits per heavy atom. The van der Waals surface area contributed by atoms with Gasteiger partial charge in [0.25, 0.3) is 0 Å². The van der Waals surface area contributed by atoms with Crippen molar-refractivity contribution >= 4 is 17.5 Å². The van der Waals surface area contributed by atoms with E-state index in [4.69, 9.17) is 0 Å². The summed E-state index contributed by atoms with van der Waals surface area (Å²) in [6.45, 7) is 7.60. The number of carbonyl (C=O) groups is 1. The third-order valence-corrected chi connectivity index (χ3v) is 4.53. The van der Waals surface area contributed by atoms with E-state index in [1.165, 1.54) is 37.4 Å². The molecular formula is C16H23NOS. The third kappa shape index (κ3) is 4.36. The normalized spacial score (nSPS) is 16.2. The second kappa shape index (κ2) is 7.11. The fourth-order valence-corrected chi connectivity index (χ4v) is 3.26. The van der Waals surface area contributed by atoms with Crippen LogP contribution in [0.15, 0.2) is 29.2 Å². The van der Waals surface area contributed by atoms with Gasteiger partial charge < -0.3 is 4.90 Å². The van der Waals surface area contributed by atoms with Gasteiger partial charge in [0, 0.05) is 28.7 Å². The third-order valence-electron chi connectivity index (χ3n) is 3.54. The maximum absolute atomic E-state index is 11.8. The standard InChI is InChI=1S/C16H23NOS/c1-13(2)16(18)14-5-7-15(8-6-14)19-12-11-17-9-3-4-10-17/h5-8,13H,3-4,9-12H2,1-2H3. The van der Waals surface area contributed by atoms with Gasteiger partial charge in [0.15, 0.2) is 5.78 Å². The van der Waals surface area contributed by atoms with Crippen LogP contribution in [0.1, 0.15) is 37.0 Å². The first-order valence-corrected chi connectivity index (χ1v) is 8.15. The number of nitrogens with zero attached hydrogens (tertiary/aromatic N) is 1. The summed E-state index contributed by atoms with van der Waals surface area (Å²) in [4.78, 5) is 15.6. The van der Waals surface area contributed by atoms with Crippen molar-refractivity contribution in [1.29, 1.82) is 0 Å². The number of ketones is 1. The van der Waals surface area contributed by atoms with Gasteiger partial charge in [0.2, 0.25) is 0 Å². The van der Waals surface area contributed by atoms with Crippen LogP contribution in [0.3, 0.4) is 0 Å². The molecule has 0 unspecified atom stereocenters. The summed E-state index contributed by atoms with van der Waals surface area (Å²) in [5, 5.41) is 0. The molecule has 0 amide bonds. The molecule has 0 radical (unpaired) electrons. The van der Waals surface area contributed by atoms with Crippen LogP contribution in [0.4, 0.5) is 0 Å². The highest BCUT2D eigenvalue weighted by Crippen LogP contribution is 2.20. The Morgan fingerprint density at radius 2 is 1.84 bits per heavy atom. The van der Waals surface area contributed by atoms with E-state index in [1.807, 2.05) is 37.7 Å². The van der Waals surface area contributed by atoms with Crippen LogP contribution in [-0.2, 0) is 0 Å². The van der Waals surface area contributed by atoms with Crippen LogP contribution in [0, 0.1) is 5.92 Å². The molecule has 1 aliphatic rings. The van der Waals surface area contributed by atoms with E-state index in [2.05, 4.69) is 17.0 Å². The van der Waals surface area contributed by atoms with Gasteiger partial charge in [0.05, 0.1) is 0 Å². The molecule has 104 valence electrons. The van der Waals surface area contributed by atoms with Gasteiger partial charge in [0.1, 0.15) is 0 Å². The molecule has 1 heterocycles. The highest BCUT2D eigenvalue weighted by Gasteiger charge is 2.11. The van der Waals surface area contributed by atoms with Gasteiger partial charge in [-0.3, -0.25) is 4.79 Å². The second-order valence-corrected chi connectivity index (χ2v) is 6.61. The van der Waals surface area contributed by atoms with Crippen LogP contribution in [0.2, 0.25) is 0 Å². The van der Waals surface area contributed by atoms with Crippen LogP contribution in [0.25, 0.3) is 0 Å². The predicted octanol–water partition coefficient (Wildman–Crippen LogP) is 3.71. The molecular weight excluding hydrogens is 254 g/mol. The fraction of sp³-hybridized carbons (Fsp3) is 0.562. The van der Waals surface area contributed by atoms with Crippen molar-refractivity contribution in [3.05, 3.63) is 29.8 Å². The number of rotatable bonds is 6. The lowest BCUT2D eigenvalue weighted by Crippen LogP contribution is -2.21. The summed E-state index contributed by atoms with van der Waals surface area (Å²) in [6, 6.07) is 8.07. The van der Waals surface area contributed by atoms with E-state index in [0.29, 0.717) is 0 Å². The van der Waals surface area contributed by atoms with E-state index in [9.17, 15) is 4.79 Å².